The Morgan fingerprint density at radius 1 is 1.61 bits per heavy atom. The number of ether oxygens (including phenoxy) is 1. The first-order valence-electron chi connectivity index (χ1n) is 6.51. The van der Waals surface area contributed by atoms with Gasteiger partial charge in [-0.2, -0.15) is 11.8 Å². The number of rotatable bonds is 6. The molecule has 0 radical (unpaired) electrons. The molecule has 1 N–H and O–H groups in total. The summed E-state index contributed by atoms with van der Waals surface area (Å²) < 4.78 is 5.04. The Hall–Kier alpha value is -0.260. The maximum Gasteiger partial charge on any atom is 0.223 e. The molecule has 0 bridgehead atoms. The topological polar surface area (TPSA) is 49.8 Å². The lowest BCUT2D eigenvalue weighted by Crippen LogP contribution is -2.52. The number of hydrogen-bond acceptors (Lipinski definition) is 4. The summed E-state index contributed by atoms with van der Waals surface area (Å²) in [4.78, 5) is 13.8. The summed E-state index contributed by atoms with van der Waals surface area (Å²) in [7, 11) is 1.65. The van der Waals surface area contributed by atoms with E-state index >= 15 is 0 Å². The van der Waals surface area contributed by atoms with Gasteiger partial charge in [0.2, 0.25) is 5.91 Å². The third-order valence-corrected chi connectivity index (χ3v) is 4.45. The van der Waals surface area contributed by atoms with E-state index < -0.39 is 5.60 Å². The predicted molar refractivity (Wildman–Crippen MR) is 74.8 cm³/mol. The van der Waals surface area contributed by atoms with Gasteiger partial charge in [0.1, 0.15) is 0 Å². The van der Waals surface area contributed by atoms with E-state index in [-0.39, 0.29) is 11.8 Å². The maximum absolute atomic E-state index is 11.9. The molecule has 0 aromatic heterocycles. The molecule has 4 nitrogen and oxygen atoms in total. The highest BCUT2D eigenvalue weighted by Gasteiger charge is 2.39. The van der Waals surface area contributed by atoms with Crippen molar-refractivity contribution in [2.75, 3.05) is 38.8 Å². The monoisotopic (exact) mass is 275 g/mol. The molecule has 1 saturated heterocycles. The van der Waals surface area contributed by atoms with Crippen LogP contribution in [0.4, 0.5) is 0 Å². The van der Waals surface area contributed by atoms with Crippen molar-refractivity contribution in [1.29, 1.82) is 0 Å². The summed E-state index contributed by atoms with van der Waals surface area (Å²) >= 11 is 1.69. The molecule has 1 rings (SSSR count). The molecule has 0 saturated carbocycles. The molecule has 1 fully saturated rings. The van der Waals surface area contributed by atoms with Crippen LogP contribution in [-0.2, 0) is 9.53 Å². The number of nitrogens with zero attached hydrogens (tertiary/aromatic N) is 1. The molecule has 1 aliphatic heterocycles. The van der Waals surface area contributed by atoms with Crippen molar-refractivity contribution in [3.8, 4) is 0 Å². The minimum Gasteiger partial charge on any atom is -0.389 e. The molecule has 0 spiro atoms. The molecular formula is C13H25NO3S. The number of likely N-dealkylation sites (tertiary alicyclic amines) is 1. The smallest absolute Gasteiger partial charge is 0.223 e. The highest BCUT2D eigenvalue weighted by atomic mass is 32.2. The van der Waals surface area contributed by atoms with Gasteiger partial charge in [-0.3, -0.25) is 4.79 Å². The van der Waals surface area contributed by atoms with Crippen LogP contribution in [0, 0.1) is 5.92 Å². The van der Waals surface area contributed by atoms with Crippen molar-refractivity contribution in [3.63, 3.8) is 0 Å². The molecule has 0 aromatic carbocycles. The standard InChI is InChI=1S/C13H25NO3S/c1-11-10-14(12(15)4-9-18-3)7-5-13(11,16)6-8-17-2/h11,16H,4-10H2,1-3H3/t11-,13-/m1/s1. The number of thioether (sulfide) groups is 1. The molecule has 18 heavy (non-hydrogen) atoms. The van der Waals surface area contributed by atoms with Gasteiger partial charge in [-0.05, 0) is 19.1 Å². The zero-order valence-corrected chi connectivity index (χ0v) is 12.5. The van der Waals surface area contributed by atoms with Gasteiger partial charge in [0, 0.05) is 44.9 Å². The second-order valence-electron chi connectivity index (χ2n) is 5.08. The molecule has 106 valence electrons. The van der Waals surface area contributed by atoms with E-state index in [2.05, 4.69) is 0 Å². The normalized spacial score (nSPS) is 28.4. The summed E-state index contributed by atoms with van der Waals surface area (Å²) in [6.45, 7) is 3.91. The Balaban J connectivity index is 2.47. The molecule has 2 atom stereocenters. The lowest BCUT2D eigenvalue weighted by Gasteiger charge is -2.43. The summed E-state index contributed by atoms with van der Waals surface area (Å²) in [5.74, 6) is 1.20. The first-order valence-corrected chi connectivity index (χ1v) is 7.91. The van der Waals surface area contributed by atoms with Crippen LogP contribution in [0.5, 0.6) is 0 Å². The van der Waals surface area contributed by atoms with Crippen molar-refractivity contribution < 1.29 is 14.6 Å². The van der Waals surface area contributed by atoms with Gasteiger partial charge in [0.25, 0.3) is 0 Å². The minimum absolute atomic E-state index is 0.111. The Bertz CT molecular complexity index is 275. The number of amides is 1. The van der Waals surface area contributed by atoms with Crippen LogP contribution >= 0.6 is 11.8 Å². The van der Waals surface area contributed by atoms with Gasteiger partial charge >= 0.3 is 0 Å². The lowest BCUT2D eigenvalue weighted by molar-refractivity contribution is -0.140. The predicted octanol–water partition coefficient (Wildman–Crippen LogP) is 1.38. The van der Waals surface area contributed by atoms with Gasteiger partial charge in [0.15, 0.2) is 0 Å². The fourth-order valence-corrected chi connectivity index (χ4v) is 2.77. The Morgan fingerprint density at radius 3 is 2.89 bits per heavy atom. The number of piperidine rings is 1. The largest absolute Gasteiger partial charge is 0.389 e. The van der Waals surface area contributed by atoms with Crippen LogP contribution in [0.1, 0.15) is 26.2 Å². The Morgan fingerprint density at radius 2 is 2.33 bits per heavy atom. The Labute approximate surface area is 114 Å². The zero-order chi connectivity index (χ0) is 13.6. The first-order chi connectivity index (χ1) is 8.53. The third kappa shape index (κ3) is 4.14. The fraction of sp³-hybridized carbons (Fsp3) is 0.923. The molecule has 0 aromatic rings. The van der Waals surface area contributed by atoms with Crippen LogP contribution in [0.3, 0.4) is 0 Å². The average molecular weight is 275 g/mol. The number of methoxy groups -OCH3 is 1. The second-order valence-corrected chi connectivity index (χ2v) is 6.07. The van der Waals surface area contributed by atoms with Gasteiger partial charge in [-0.1, -0.05) is 6.92 Å². The second kappa shape index (κ2) is 7.36. The average Bonchev–Trinajstić information content (AvgIpc) is 2.37. The molecule has 0 aliphatic carbocycles. The van der Waals surface area contributed by atoms with E-state index in [0.29, 0.717) is 39.0 Å². The maximum atomic E-state index is 11.9. The van der Waals surface area contributed by atoms with Crippen LogP contribution in [0.15, 0.2) is 0 Å². The zero-order valence-electron chi connectivity index (χ0n) is 11.6. The van der Waals surface area contributed by atoms with E-state index in [9.17, 15) is 9.90 Å². The van der Waals surface area contributed by atoms with Crippen molar-refractivity contribution in [2.24, 2.45) is 5.92 Å². The molecule has 1 heterocycles. The number of carbonyl (C=O) groups excluding carboxylic acids is 1. The molecular weight excluding hydrogens is 250 g/mol. The minimum atomic E-state index is -0.674. The van der Waals surface area contributed by atoms with Gasteiger partial charge in [-0.25, -0.2) is 0 Å². The number of hydrogen-bond donors (Lipinski definition) is 1. The summed E-state index contributed by atoms with van der Waals surface area (Å²) in [5.41, 5.74) is -0.674. The highest BCUT2D eigenvalue weighted by molar-refractivity contribution is 7.98. The number of aliphatic hydroxyl groups is 1. The van der Waals surface area contributed by atoms with E-state index in [1.54, 1.807) is 18.9 Å². The van der Waals surface area contributed by atoms with Crippen molar-refractivity contribution in [1.82, 2.24) is 4.90 Å². The molecule has 0 unspecified atom stereocenters. The van der Waals surface area contributed by atoms with E-state index in [4.69, 9.17) is 4.74 Å². The van der Waals surface area contributed by atoms with Crippen molar-refractivity contribution in [3.05, 3.63) is 0 Å². The Kier molecular flexibility index (Phi) is 6.46. The van der Waals surface area contributed by atoms with Gasteiger partial charge in [-0.15, -0.1) is 0 Å². The van der Waals surface area contributed by atoms with E-state index in [1.165, 1.54) is 0 Å². The van der Waals surface area contributed by atoms with E-state index in [0.717, 1.165) is 5.75 Å². The van der Waals surface area contributed by atoms with Gasteiger partial charge in [0.05, 0.1) is 5.60 Å². The first kappa shape index (κ1) is 15.8. The molecule has 1 amide bonds. The van der Waals surface area contributed by atoms with Crippen LogP contribution in [0.2, 0.25) is 0 Å². The van der Waals surface area contributed by atoms with Crippen LogP contribution in [0.25, 0.3) is 0 Å². The van der Waals surface area contributed by atoms with Crippen LogP contribution in [-0.4, -0.2) is 60.3 Å². The lowest BCUT2D eigenvalue weighted by atomic mass is 9.80. The highest BCUT2D eigenvalue weighted by Crippen LogP contribution is 2.31. The SMILES string of the molecule is COCC[C@]1(O)CCN(C(=O)CCSC)C[C@H]1C. The fourth-order valence-electron chi connectivity index (χ4n) is 2.39. The number of carbonyl (C=O) groups is 1. The molecule has 1 aliphatic rings. The van der Waals surface area contributed by atoms with Crippen LogP contribution < -0.4 is 0 Å². The summed E-state index contributed by atoms with van der Waals surface area (Å²) in [6.07, 6.45) is 3.92. The third-order valence-electron chi connectivity index (χ3n) is 3.84. The van der Waals surface area contributed by atoms with Crippen molar-refractivity contribution >= 4 is 17.7 Å². The summed E-state index contributed by atoms with van der Waals surface area (Å²) in [5, 5.41) is 10.5. The molecule has 5 heteroatoms. The van der Waals surface area contributed by atoms with E-state index in [1.807, 2.05) is 18.1 Å². The quantitative estimate of drug-likeness (QED) is 0.795. The summed E-state index contributed by atoms with van der Waals surface area (Å²) in [6, 6.07) is 0. The van der Waals surface area contributed by atoms with Gasteiger partial charge < -0.3 is 14.7 Å². The van der Waals surface area contributed by atoms with Crippen molar-refractivity contribution in [2.45, 2.75) is 31.8 Å².